The molecule has 0 aliphatic heterocycles. The zero-order valence-electron chi connectivity index (χ0n) is 31.2. The molecule has 0 amide bonds. The van der Waals surface area contributed by atoms with Crippen molar-refractivity contribution in [3.05, 3.63) is 216 Å². The molecule has 0 radical (unpaired) electrons. The second-order valence-electron chi connectivity index (χ2n) is 15.0. The van der Waals surface area contributed by atoms with Crippen molar-refractivity contribution in [1.29, 1.82) is 0 Å². The van der Waals surface area contributed by atoms with Crippen molar-refractivity contribution >= 4 is 43.7 Å². The third-order valence-electron chi connectivity index (χ3n) is 11.9. The van der Waals surface area contributed by atoms with Gasteiger partial charge in [-0.2, -0.15) is 0 Å². The van der Waals surface area contributed by atoms with Crippen LogP contribution in [0.2, 0.25) is 0 Å². The van der Waals surface area contributed by atoms with Crippen molar-refractivity contribution < 1.29 is 0 Å². The Morgan fingerprint density at radius 1 is 0.414 bits per heavy atom. The van der Waals surface area contributed by atoms with Gasteiger partial charge in [0.1, 0.15) is 0 Å². The quantitative estimate of drug-likeness (QED) is 0.179. The lowest BCUT2D eigenvalue weighted by Gasteiger charge is -2.35. The van der Waals surface area contributed by atoms with Crippen LogP contribution in [0.25, 0.3) is 88.7 Å². The summed E-state index contributed by atoms with van der Waals surface area (Å²) in [6.45, 7) is 0. The van der Waals surface area contributed by atoms with Gasteiger partial charge in [-0.05, 0) is 79.9 Å². The predicted molar refractivity (Wildman–Crippen MR) is 238 cm³/mol. The highest BCUT2D eigenvalue weighted by Crippen LogP contribution is 2.61. The van der Waals surface area contributed by atoms with Crippen molar-refractivity contribution in [3.8, 4) is 56.4 Å². The molecule has 1 unspecified atom stereocenters. The van der Waals surface area contributed by atoms with Crippen LogP contribution in [0.4, 0.5) is 0 Å². The van der Waals surface area contributed by atoms with Crippen LogP contribution in [0.3, 0.4) is 0 Å². The molecule has 5 heteroatoms. The van der Waals surface area contributed by atoms with Crippen LogP contribution < -0.4 is 0 Å². The van der Waals surface area contributed by atoms with Crippen LogP contribution >= 0.6 is 11.3 Å². The van der Waals surface area contributed by atoms with Crippen molar-refractivity contribution in [2.75, 3.05) is 0 Å². The second kappa shape index (κ2) is 12.8. The second-order valence-corrected chi connectivity index (χ2v) is 16.1. The molecule has 0 N–H and O–H groups in total. The SMILES string of the molecule is C1=Cc2ccc(-c3nc(-c4ccccc4)nc(-c4ccc(-c5cccnc5)cc4)n3)cc2C2(c3ccccc31)c1ccccc1-c1c2ccc2sc3ccccc3c12. The van der Waals surface area contributed by atoms with E-state index in [-0.39, 0.29) is 0 Å². The molecule has 12 rings (SSSR count). The lowest BCUT2D eigenvalue weighted by atomic mass is 9.65. The molecule has 10 aromatic rings. The first-order chi connectivity index (χ1) is 28.7. The molecule has 3 heterocycles. The topological polar surface area (TPSA) is 51.6 Å². The minimum absolute atomic E-state index is 0.602. The van der Waals surface area contributed by atoms with E-state index < -0.39 is 5.41 Å². The van der Waals surface area contributed by atoms with Crippen LogP contribution in [0.15, 0.2) is 182 Å². The fourth-order valence-electron chi connectivity index (χ4n) is 9.33. The normalized spacial score (nSPS) is 14.9. The Morgan fingerprint density at radius 3 is 1.86 bits per heavy atom. The van der Waals surface area contributed by atoms with Gasteiger partial charge in [-0.3, -0.25) is 4.98 Å². The number of nitrogens with zero attached hydrogens (tertiary/aromatic N) is 4. The van der Waals surface area contributed by atoms with Gasteiger partial charge >= 0.3 is 0 Å². The van der Waals surface area contributed by atoms with Crippen molar-refractivity contribution in [2.24, 2.45) is 0 Å². The van der Waals surface area contributed by atoms with E-state index in [0.29, 0.717) is 17.5 Å². The average molecular weight is 757 g/mol. The van der Waals surface area contributed by atoms with Gasteiger partial charge < -0.3 is 0 Å². The molecule has 1 atom stereocenters. The number of hydrogen-bond donors (Lipinski definition) is 0. The molecular formula is C53H32N4S. The van der Waals surface area contributed by atoms with Crippen molar-refractivity contribution in [2.45, 2.75) is 5.41 Å². The third kappa shape index (κ3) is 4.87. The molecule has 2 aliphatic carbocycles. The lowest BCUT2D eigenvalue weighted by molar-refractivity contribution is 0.767. The van der Waals surface area contributed by atoms with Gasteiger partial charge in [-0.25, -0.2) is 15.0 Å². The van der Waals surface area contributed by atoms with Gasteiger partial charge in [0.25, 0.3) is 0 Å². The minimum atomic E-state index is -0.602. The fourth-order valence-corrected chi connectivity index (χ4v) is 10.4. The van der Waals surface area contributed by atoms with Gasteiger partial charge in [-0.15, -0.1) is 11.3 Å². The molecule has 0 fully saturated rings. The third-order valence-corrected chi connectivity index (χ3v) is 13.0. The first-order valence-corrected chi connectivity index (χ1v) is 20.4. The van der Waals surface area contributed by atoms with E-state index in [0.717, 1.165) is 27.8 Å². The maximum absolute atomic E-state index is 5.24. The Balaban J connectivity index is 1.12. The predicted octanol–water partition coefficient (Wildman–Crippen LogP) is 13.1. The molecule has 2 aliphatic rings. The molecule has 0 bridgehead atoms. The Hall–Kier alpha value is -7.34. The Labute approximate surface area is 339 Å². The Morgan fingerprint density at radius 2 is 1.05 bits per heavy atom. The van der Waals surface area contributed by atoms with Crippen LogP contribution in [0, 0.1) is 0 Å². The van der Waals surface area contributed by atoms with E-state index in [4.69, 9.17) is 15.0 Å². The van der Waals surface area contributed by atoms with E-state index in [1.165, 1.54) is 64.7 Å². The fraction of sp³-hybridized carbons (Fsp3) is 0.0189. The standard InChI is InChI=1S/C53H32N4S/c1-2-12-36(13-3-1)50-55-51(37-25-20-33(21-26-37)39-14-10-30-54-32-39)57-52(56-50)38-27-24-35-23-22-34-11-4-7-17-42(34)53(45(35)31-38)43-18-8-5-15-40(43)48-44(53)28-29-47-49(48)41-16-6-9-19-46(41)58-47/h1-32H. The molecule has 0 saturated heterocycles. The highest BCUT2D eigenvalue weighted by molar-refractivity contribution is 7.26. The molecule has 7 aromatic carbocycles. The van der Waals surface area contributed by atoms with Gasteiger partial charge in [0.2, 0.25) is 0 Å². The zero-order valence-corrected chi connectivity index (χ0v) is 32.0. The van der Waals surface area contributed by atoms with E-state index in [1.54, 1.807) is 6.20 Å². The molecule has 0 saturated carbocycles. The summed E-state index contributed by atoms with van der Waals surface area (Å²) in [4.78, 5) is 19.8. The molecule has 1 spiro atoms. The summed E-state index contributed by atoms with van der Waals surface area (Å²) < 4.78 is 2.61. The first-order valence-electron chi connectivity index (χ1n) is 19.5. The monoisotopic (exact) mass is 756 g/mol. The summed E-state index contributed by atoms with van der Waals surface area (Å²) >= 11 is 1.87. The van der Waals surface area contributed by atoms with E-state index in [2.05, 4.69) is 163 Å². The number of pyridine rings is 1. The minimum Gasteiger partial charge on any atom is -0.264 e. The highest BCUT2D eigenvalue weighted by atomic mass is 32.1. The summed E-state index contributed by atoms with van der Waals surface area (Å²) in [5.74, 6) is 1.89. The van der Waals surface area contributed by atoms with Gasteiger partial charge in [0.15, 0.2) is 17.5 Å². The van der Waals surface area contributed by atoms with Crippen molar-refractivity contribution in [3.63, 3.8) is 0 Å². The number of hydrogen-bond acceptors (Lipinski definition) is 5. The van der Waals surface area contributed by atoms with Crippen molar-refractivity contribution in [1.82, 2.24) is 19.9 Å². The van der Waals surface area contributed by atoms with Crippen LogP contribution in [-0.4, -0.2) is 19.9 Å². The van der Waals surface area contributed by atoms with Crippen LogP contribution in [0.5, 0.6) is 0 Å². The molecule has 3 aromatic heterocycles. The molecular weight excluding hydrogens is 725 g/mol. The van der Waals surface area contributed by atoms with Gasteiger partial charge in [0.05, 0.1) is 5.41 Å². The summed E-state index contributed by atoms with van der Waals surface area (Å²) in [5, 5.41) is 2.64. The lowest BCUT2D eigenvalue weighted by Crippen LogP contribution is -2.30. The smallest absolute Gasteiger partial charge is 0.164 e. The summed E-state index contributed by atoms with van der Waals surface area (Å²) in [6, 6.07) is 60.9. The molecule has 4 nitrogen and oxygen atoms in total. The highest BCUT2D eigenvalue weighted by Gasteiger charge is 2.49. The number of rotatable bonds is 4. The summed E-state index contributed by atoms with van der Waals surface area (Å²) in [5.41, 5.74) is 14.4. The van der Waals surface area contributed by atoms with E-state index >= 15 is 0 Å². The summed E-state index contributed by atoms with van der Waals surface area (Å²) in [6.07, 6.45) is 8.24. The number of fused-ring (bicyclic) bond motifs is 13. The maximum atomic E-state index is 5.24. The molecule has 58 heavy (non-hydrogen) atoms. The number of benzene rings is 7. The van der Waals surface area contributed by atoms with Gasteiger partial charge in [0, 0.05) is 49.3 Å². The van der Waals surface area contributed by atoms with Crippen LogP contribution in [-0.2, 0) is 5.41 Å². The van der Waals surface area contributed by atoms with Gasteiger partial charge in [-0.1, -0.05) is 158 Å². The maximum Gasteiger partial charge on any atom is 0.164 e. The number of aromatic nitrogens is 4. The van der Waals surface area contributed by atoms with E-state index in [9.17, 15) is 0 Å². The Kier molecular flexibility index (Phi) is 7.28. The average Bonchev–Trinajstić information content (AvgIpc) is 3.77. The first kappa shape index (κ1) is 32.9. The van der Waals surface area contributed by atoms with Crippen LogP contribution in [0.1, 0.15) is 33.4 Å². The zero-order chi connectivity index (χ0) is 38.2. The number of thiophene rings is 1. The summed E-state index contributed by atoms with van der Waals surface area (Å²) in [7, 11) is 0. The van der Waals surface area contributed by atoms with E-state index in [1.807, 2.05) is 41.8 Å². The largest absolute Gasteiger partial charge is 0.264 e. The Bertz CT molecular complexity index is 3280. The molecule has 270 valence electrons.